The lowest BCUT2D eigenvalue weighted by Crippen LogP contribution is -2.51. The first-order chi connectivity index (χ1) is 9.70. The van der Waals surface area contributed by atoms with E-state index in [2.05, 4.69) is 31.2 Å². The maximum absolute atomic E-state index is 12.2. The van der Waals surface area contributed by atoms with Gasteiger partial charge in [0.25, 0.3) is 0 Å². The van der Waals surface area contributed by atoms with E-state index in [1.807, 2.05) is 27.7 Å². The molecule has 4 heteroatoms. The zero-order valence-corrected chi connectivity index (χ0v) is 13.6. The van der Waals surface area contributed by atoms with Crippen LogP contribution < -0.4 is 0 Å². The van der Waals surface area contributed by atoms with Gasteiger partial charge >= 0.3 is 6.09 Å². The van der Waals surface area contributed by atoms with Crippen LogP contribution >= 0.6 is 0 Å². The fourth-order valence-electron chi connectivity index (χ4n) is 2.43. The molecule has 0 N–H and O–H groups in total. The molecule has 0 saturated carbocycles. The van der Waals surface area contributed by atoms with Crippen molar-refractivity contribution in [2.75, 3.05) is 19.7 Å². The van der Waals surface area contributed by atoms with Crippen molar-refractivity contribution < 1.29 is 14.3 Å². The Morgan fingerprint density at radius 1 is 1.29 bits per heavy atom. The lowest BCUT2D eigenvalue weighted by Gasteiger charge is -2.41. The van der Waals surface area contributed by atoms with Crippen LogP contribution in [0.15, 0.2) is 24.3 Å². The smallest absolute Gasteiger partial charge is 0.410 e. The van der Waals surface area contributed by atoms with E-state index in [1.165, 1.54) is 5.56 Å². The number of morpholine rings is 1. The second kappa shape index (κ2) is 5.68. The van der Waals surface area contributed by atoms with Gasteiger partial charge in [0.2, 0.25) is 0 Å². The van der Waals surface area contributed by atoms with Crippen molar-refractivity contribution in [3.63, 3.8) is 0 Å². The average Bonchev–Trinajstić information content (AvgIpc) is 2.37. The lowest BCUT2D eigenvalue weighted by molar-refractivity contribution is -0.103. The molecule has 1 heterocycles. The maximum Gasteiger partial charge on any atom is 0.410 e. The number of hydrogen-bond acceptors (Lipinski definition) is 3. The molecule has 116 valence electrons. The van der Waals surface area contributed by atoms with Crippen LogP contribution in [0.2, 0.25) is 0 Å². The molecule has 0 aromatic heterocycles. The molecule has 1 unspecified atom stereocenters. The van der Waals surface area contributed by atoms with E-state index >= 15 is 0 Å². The molecule has 1 aromatic rings. The van der Waals surface area contributed by atoms with Crippen LogP contribution in [-0.2, 0) is 15.1 Å². The molecule has 0 bridgehead atoms. The van der Waals surface area contributed by atoms with Gasteiger partial charge in [0.1, 0.15) is 11.2 Å². The van der Waals surface area contributed by atoms with Crippen molar-refractivity contribution in [2.24, 2.45) is 0 Å². The number of rotatable bonds is 1. The summed E-state index contributed by atoms with van der Waals surface area (Å²) in [6, 6.07) is 8.26. The summed E-state index contributed by atoms with van der Waals surface area (Å²) < 4.78 is 11.4. The first-order valence-electron chi connectivity index (χ1n) is 7.39. The minimum atomic E-state index is -0.483. The largest absolute Gasteiger partial charge is 0.444 e. The fourth-order valence-corrected chi connectivity index (χ4v) is 2.43. The fraction of sp³-hybridized carbons (Fsp3) is 0.588. The Kier molecular flexibility index (Phi) is 4.28. The molecule has 1 atom stereocenters. The third-order valence-corrected chi connectivity index (χ3v) is 3.59. The third kappa shape index (κ3) is 3.97. The maximum atomic E-state index is 12.2. The molecule has 1 aromatic carbocycles. The van der Waals surface area contributed by atoms with Crippen LogP contribution in [0, 0.1) is 6.92 Å². The van der Waals surface area contributed by atoms with Crippen LogP contribution in [0.4, 0.5) is 4.79 Å². The predicted molar refractivity (Wildman–Crippen MR) is 82.3 cm³/mol. The summed E-state index contributed by atoms with van der Waals surface area (Å²) in [6.07, 6.45) is -0.274. The lowest BCUT2D eigenvalue weighted by atomic mass is 9.93. The molecular formula is C17H25NO3. The van der Waals surface area contributed by atoms with E-state index in [0.717, 1.165) is 5.56 Å². The van der Waals surface area contributed by atoms with E-state index in [1.54, 1.807) is 4.90 Å². The van der Waals surface area contributed by atoms with Crippen LogP contribution in [0.3, 0.4) is 0 Å². The van der Waals surface area contributed by atoms with Gasteiger partial charge in [-0.25, -0.2) is 4.79 Å². The first-order valence-corrected chi connectivity index (χ1v) is 7.39. The molecule has 0 aliphatic carbocycles. The van der Waals surface area contributed by atoms with E-state index in [9.17, 15) is 4.79 Å². The highest BCUT2D eigenvalue weighted by molar-refractivity contribution is 5.68. The van der Waals surface area contributed by atoms with Gasteiger partial charge in [-0.05, 0) is 40.2 Å². The highest BCUT2D eigenvalue weighted by Crippen LogP contribution is 2.30. The average molecular weight is 291 g/mol. The van der Waals surface area contributed by atoms with Gasteiger partial charge in [0, 0.05) is 6.54 Å². The molecule has 4 nitrogen and oxygen atoms in total. The number of aryl methyl sites for hydroxylation is 1. The van der Waals surface area contributed by atoms with Gasteiger partial charge in [-0.15, -0.1) is 0 Å². The van der Waals surface area contributed by atoms with Crippen LogP contribution in [0.25, 0.3) is 0 Å². The molecule has 1 fully saturated rings. The monoisotopic (exact) mass is 291 g/mol. The second-order valence-corrected chi connectivity index (χ2v) is 6.85. The Bertz CT molecular complexity index is 504. The van der Waals surface area contributed by atoms with E-state index in [4.69, 9.17) is 9.47 Å². The van der Waals surface area contributed by atoms with Gasteiger partial charge in [0.05, 0.1) is 13.2 Å². The zero-order chi connectivity index (χ0) is 15.7. The van der Waals surface area contributed by atoms with E-state index in [-0.39, 0.29) is 6.09 Å². The normalized spacial score (nSPS) is 23.0. The first kappa shape index (κ1) is 15.8. The summed E-state index contributed by atoms with van der Waals surface area (Å²) in [7, 11) is 0. The molecule has 21 heavy (non-hydrogen) atoms. The summed E-state index contributed by atoms with van der Waals surface area (Å²) in [6.45, 7) is 11.3. The van der Waals surface area contributed by atoms with Crippen LogP contribution in [-0.4, -0.2) is 36.3 Å². The summed E-state index contributed by atoms with van der Waals surface area (Å²) in [5.74, 6) is 0. The Morgan fingerprint density at radius 2 is 1.90 bits per heavy atom. The topological polar surface area (TPSA) is 38.8 Å². The molecular weight excluding hydrogens is 266 g/mol. The van der Waals surface area contributed by atoms with Gasteiger partial charge in [0.15, 0.2) is 0 Å². The Labute approximate surface area is 127 Å². The summed E-state index contributed by atoms with van der Waals surface area (Å²) in [4.78, 5) is 14.0. The minimum Gasteiger partial charge on any atom is -0.444 e. The molecule has 1 saturated heterocycles. The number of hydrogen-bond donors (Lipinski definition) is 0. The Balaban J connectivity index is 2.12. The second-order valence-electron chi connectivity index (χ2n) is 6.85. The summed E-state index contributed by atoms with van der Waals surface area (Å²) in [5.41, 5.74) is 1.34. The van der Waals surface area contributed by atoms with Crippen LogP contribution in [0.5, 0.6) is 0 Å². The predicted octanol–water partition coefficient (Wildman–Crippen LogP) is 3.48. The summed E-state index contributed by atoms with van der Waals surface area (Å²) in [5, 5.41) is 0. The molecule has 2 rings (SSSR count). The van der Waals surface area contributed by atoms with Gasteiger partial charge in [-0.1, -0.05) is 29.8 Å². The number of ether oxygens (including phenoxy) is 2. The van der Waals surface area contributed by atoms with Crippen molar-refractivity contribution in [1.82, 2.24) is 4.90 Å². The highest BCUT2D eigenvalue weighted by atomic mass is 16.6. The van der Waals surface area contributed by atoms with Crippen molar-refractivity contribution in [1.29, 1.82) is 0 Å². The molecule has 0 spiro atoms. The van der Waals surface area contributed by atoms with Crippen molar-refractivity contribution in [3.05, 3.63) is 35.4 Å². The van der Waals surface area contributed by atoms with E-state index in [0.29, 0.717) is 19.7 Å². The molecule has 0 radical (unpaired) electrons. The van der Waals surface area contributed by atoms with Gasteiger partial charge in [-0.3, -0.25) is 0 Å². The molecule has 1 amide bonds. The zero-order valence-electron chi connectivity index (χ0n) is 13.6. The van der Waals surface area contributed by atoms with E-state index < -0.39 is 11.2 Å². The minimum absolute atomic E-state index is 0.274. The number of carbonyl (C=O) groups is 1. The molecule has 1 aliphatic rings. The van der Waals surface area contributed by atoms with Crippen molar-refractivity contribution >= 4 is 6.09 Å². The van der Waals surface area contributed by atoms with Gasteiger partial charge < -0.3 is 14.4 Å². The number of benzene rings is 1. The number of nitrogens with zero attached hydrogens (tertiary/aromatic N) is 1. The van der Waals surface area contributed by atoms with Gasteiger partial charge in [-0.2, -0.15) is 0 Å². The highest BCUT2D eigenvalue weighted by Gasteiger charge is 2.37. The standard InChI is InChI=1S/C17H25NO3/c1-13-6-8-14(9-7-13)17(5)12-18(10-11-20-17)15(19)21-16(2,3)4/h6-9H,10-12H2,1-5H3. The van der Waals surface area contributed by atoms with Crippen LogP contribution in [0.1, 0.15) is 38.8 Å². The number of amides is 1. The Morgan fingerprint density at radius 3 is 2.48 bits per heavy atom. The quantitative estimate of drug-likeness (QED) is 0.795. The molecule has 1 aliphatic heterocycles. The third-order valence-electron chi connectivity index (χ3n) is 3.59. The number of carbonyl (C=O) groups excluding carboxylic acids is 1. The Hall–Kier alpha value is -1.55. The SMILES string of the molecule is Cc1ccc(C2(C)CN(C(=O)OC(C)(C)C)CCO2)cc1. The van der Waals surface area contributed by atoms with Crippen molar-refractivity contribution in [3.8, 4) is 0 Å². The van der Waals surface area contributed by atoms with Crippen molar-refractivity contribution in [2.45, 2.75) is 45.8 Å². The summed E-state index contributed by atoms with van der Waals surface area (Å²) >= 11 is 0.